The van der Waals surface area contributed by atoms with Crippen LogP contribution >= 0.6 is 0 Å². The van der Waals surface area contributed by atoms with Gasteiger partial charge in [0, 0.05) is 0 Å². The van der Waals surface area contributed by atoms with Crippen molar-refractivity contribution >= 4 is 15.9 Å². The number of hydrogen-bond acceptors (Lipinski definition) is 0. The summed E-state index contributed by atoms with van der Waals surface area (Å²) in [6.45, 7) is 28.1. The van der Waals surface area contributed by atoms with Gasteiger partial charge in [-0.3, -0.25) is 0 Å². The molecule has 2 atom stereocenters. The van der Waals surface area contributed by atoms with Crippen molar-refractivity contribution in [3.8, 4) is 22.3 Å². The van der Waals surface area contributed by atoms with Crippen molar-refractivity contribution < 1.29 is 16.5 Å². The van der Waals surface area contributed by atoms with Gasteiger partial charge in [-0.15, -0.1) is 0 Å². The maximum atomic E-state index is 2.90. The summed E-state index contributed by atoms with van der Waals surface area (Å²) in [5.74, 6) is 0. The Kier molecular flexibility index (Phi) is 10.0. The van der Waals surface area contributed by atoms with Crippen molar-refractivity contribution in [2.45, 2.75) is 133 Å². The zero-order valence-corrected chi connectivity index (χ0v) is 42.2. The first-order chi connectivity index (χ1) is 26.7. The molecule has 2 aliphatic carbocycles. The molecule has 5 aromatic rings. The summed E-state index contributed by atoms with van der Waals surface area (Å²) in [5.41, 5.74) is 18.4. The van der Waals surface area contributed by atoms with Crippen molar-refractivity contribution in [3.05, 3.63) is 165 Å². The van der Waals surface area contributed by atoms with Crippen LogP contribution in [0.5, 0.6) is 0 Å². The Labute approximate surface area is 350 Å². The predicted molar refractivity (Wildman–Crippen MR) is 256 cm³/mol. The Morgan fingerprint density at radius 2 is 0.810 bits per heavy atom. The van der Waals surface area contributed by atoms with Crippen LogP contribution < -0.4 is 0 Å². The number of benzene rings is 5. The summed E-state index contributed by atoms with van der Waals surface area (Å²) in [6, 6.07) is 40.3. The van der Waals surface area contributed by atoms with Crippen molar-refractivity contribution in [1.82, 2.24) is 0 Å². The fraction of sp³-hybridized carbons (Fsp3) is 0.386. The van der Waals surface area contributed by atoms with Gasteiger partial charge in [-0.2, -0.15) is 0 Å². The second kappa shape index (κ2) is 13.7. The number of allylic oxidation sites excluding steroid dienone is 2. The van der Waals surface area contributed by atoms with E-state index >= 15 is 0 Å². The first kappa shape index (κ1) is 42.4. The number of rotatable bonds is 6. The molecule has 303 valence electrons. The molecule has 0 bridgehead atoms. The summed E-state index contributed by atoms with van der Waals surface area (Å²) in [7, 11) is 0. The Balaban J connectivity index is 1.44. The molecule has 0 amide bonds. The van der Waals surface area contributed by atoms with Gasteiger partial charge in [0.05, 0.1) is 0 Å². The van der Waals surface area contributed by atoms with Gasteiger partial charge in [0.2, 0.25) is 0 Å². The van der Waals surface area contributed by atoms with E-state index in [1.807, 2.05) is 0 Å². The monoisotopic (exact) mass is 936 g/mol. The molecule has 2 aliphatic rings. The molecule has 2 unspecified atom stereocenters. The van der Waals surface area contributed by atoms with Crippen LogP contribution in [0.15, 0.2) is 115 Å². The normalized spacial score (nSPS) is 18.1. The fourth-order valence-corrected chi connectivity index (χ4v) is 34.8. The minimum absolute atomic E-state index is 0.0537. The van der Waals surface area contributed by atoms with E-state index in [2.05, 4.69) is 228 Å². The van der Waals surface area contributed by atoms with E-state index in [9.17, 15) is 0 Å². The standard InChI is InChI=1S/2C23H27.C8H8.3CH3.Hf/c2*1-22(2,3)18-13-17(14-19(15-18)23(4,5)6)21-12-8-10-16-9-7-11-20(16)21;1-2-8-6-4-3-5-7-8;;;;/h2*7-15H,1-6H3;1,3-7H,2H2;3*1H3;. The topological polar surface area (TPSA) is 0 Å². The summed E-state index contributed by atoms with van der Waals surface area (Å²) < 4.78 is 11.9. The van der Waals surface area contributed by atoms with Gasteiger partial charge in [0.25, 0.3) is 0 Å². The van der Waals surface area contributed by atoms with Crippen LogP contribution in [0.25, 0.3) is 34.4 Å². The Morgan fingerprint density at radius 3 is 1.16 bits per heavy atom. The zero-order chi connectivity index (χ0) is 42.3. The van der Waals surface area contributed by atoms with Crippen LogP contribution in [0, 0.1) is 0 Å². The van der Waals surface area contributed by atoms with E-state index in [-0.39, 0.29) is 21.7 Å². The number of hydrogen-bond donors (Lipinski definition) is 0. The van der Waals surface area contributed by atoms with Crippen LogP contribution in [-0.2, 0) is 44.6 Å². The second-order valence-corrected chi connectivity index (χ2v) is 63.4. The molecular formula is C57H71Hf. The number of fused-ring (bicyclic) bond motifs is 2. The van der Waals surface area contributed by atoms with Crippen LogP contribution in [-0.4, -0.2) is 3.76 Å². The summed E-state index contributed by atoms with van der Waals surface area (Å²) in [6.07, 6.45) is 11.2. The molecule has 0 fully saturated rings. The molecule has 0 spiro atoms. The molecule has 0 aliphatic heterocycles. The fourth-order valence-electron chi connectivity index (χ4n) is 10.2. The van der Waals surface area contributed by atoms with E-state index in [1.165, 1.54) is 72.3 Å². The van der Waals surface area contributed by atoms with E-state index in [0.29, 0.717) is 7.35 Å². The van der Waals surface area contributed by atoms with Gasteiger partial charge in [-0.25, -0.2) is 0 Å². The van der Waals surface area contributed by atoms with Gasteiger partial charge in [0.1, 0.15) is 0 Å². The van der Waals surface area contributed by atoms with E-state index < -0.39 is 16.5 Å². The van der Waals surface area contributed by atoms with Gasteiger partial charge >= 0.3 is 353 Å². The van der Waals surface area contributed by atoms with Crippen LogP contribution in [0.4, 0.5) is 0 Å². The van der Waals surface area contributed by atoms with E-state index in [4.69, 9.17) is 0 Å². The minimum atomic E-state index is -4.86. The summed E-state index contributed by atoms with van der Waals surface area (Å²) in [5, 5.41) is 0. The third kappa shape index (κ3) is 7.64. The molecule has 0 N–H and O–H groups in total. The van der Waals surface area contributed by atoms with Gasteiger partial charge < -0.3 is 0 Å². The van der Waals surface area contributed by atoms with Crippen molar-refractivity contribution in [2.75, 3.05) is 0 Å². The average Bonchev–Trinajstić information content (AvgIpc) is 3.80. The molecule has 0 radical (unpaired) electrons. The van der Waals surface area contributed by atoms with Crippen molar-refractivity contribution in [2.24, 2.45) is 0 Å². The first-order valence-electron chi connectivity index (χ1n) is 22.0. The van der Waals surface area contributed by atoms with Crippen LogP contribution in [0.1, 0.15) is 141 Å². The molecule has 5 aromatic carbocycles. The predicted octanol–water partition coefficient (Wildman–Crippen LogP) is 16.5. The molecular weight excluding hydrogens is 863 g/mol. The molecule has 7 rings (SSSR count). The molecule has 0 aromatic heterocycles. The Bertz CT molecular complexity index is 2340. The van der Waals surface area contributed by atoms with E-state index in [1.54, 1.807) is 0 Å². The molecule has 58 heavy (non-hydrogen) atoms. The van der Waals surface area contributed by atoms with Gasteiger partial charge in [-0.1, -0.05) is 0 Å². The van der Waals surface area contributed by atoms with Gasteiger partial charge in [-0.05, 0) is 0 Å². The zero-order valence-electron chi connectivity index (χ0n) is 38.6. The summed E-state index contributed by atoms with van der Waals surface area (Å²) in [4.78, 5) is 0. The molecule has 0 heterocycles. The third-order valence-corrected chi connectivity index (χ3v) is 43.4. The summed E-state index contributed by atoms with van der Waals surface area (Å²) >= 11 is -4.86. The molecule has 0 nitrogen and oxygen atoms in total. The molecule has 0 saturated heterocycles. The Hall–Kier alpha value is -3.68. The third-order valence-electron chi connectivity index (χ3n) is 14.4. The van der Waals surface area contributed by atoms with Crippen molar-refractivity contribution in [1.29, 1.82) is 0 Å². The van der Waals surface area contributed by atoms with E-state index in [0.717, 1.165) is 6.42 Å². The van der Waals surface area contributed by atoms with Crippen LogP contribution in [0.2, 0.25) is 14.0 Å². The van der Waals surface area contributed by atoms with Crippen molar-refractivity contribution in [3.63, 3.8) is 0 Å². The first-order valence-corrected chi connectivity index (χ1v) is 39.0. The molecule has 0 saturated carbocycles. The molecule has 1 heteroatoms. The second-order valence-electron chi connectivity index (χ2n) is 24.4. The van der Waals surface area contributed by atoms with Gasteiger partial charge in [0.15, 0.2) is 0 Å². The maximum absolute atomic E-state index is 4.86. The van der Waals surface area contributed by atoms with Crippen LogP contribution in [0.3, 0.4) is 0 Å². The average molecular weight is 935 g/mol. The SMILES string of the molecule is CC(C)(C)c1cc(-c2cccc3c2C=C[CH]3[Hf]([CH3])([CH3])([CH3])(=[CH]Cc2ccccc2)[CH]2C=Cc3c(-c4cc(C(C)(C)C)cc(C(C)(C)C)c4)cccc32)cc(C(C)(C)C)c1. The Morgan fingerprint density at radius 1 is 0.448 bits per heavy atom. The quantitative estimate of drug-likeness (QED) is 0.149.